The molecule has 0 heterocycles. The third-order valence-corrected chi connectivity index (χ3v) is 5.49. The second kappa shape index (κ2) is 9.51. The summed E-state index contributed by atoms with van der Waals surface area (Å²) in [6, 6.07) is 10.5. The van der Waals surface area contributed by atoms with Gasteiger partial charge in [0.05, 0.1) is 33.3 Å². The quantitative estimate of drug-likeness (QED) is 0.668. The average Bonchev–Trinajstić information content (AvgIpc) is 2.70. The molecular formula is C20H26N2O6S. The summed E-state index contributed by atoms with van der Waals surface area (Å²) >= 11 is 0. The van der Waals surface area contributed by atoms with Crippen molar-refractivity contribution in [2.75, 3.05) is 37.2 Å². The van der Waals surface area contributed by atoms with E-state index in [-0.39, 0.29) is 6.42 Å². The molecule has 0 spiro atoms. The first-order valence-corrected chi connectivity index (χ1v) is 10.8. The number of carbonyl (C=O) groups is 1. The van der Waals surface area contributed by atoms with Gasteiger partial charge in [-0.25, -0.2) is 8.42 Å². The number of rotatable bonds is 9. The highest BCUT2D eigenvalue weighted by atomic mass is 32.2. The Balaban J connectivity index is 2.35. The molecule has 29 heavy (non-hydrogen) atoms. The molecule has 0 aliphatic rings. The summed E-state index contributed by atoms with van der Waals surface area (Å²) in [6.45, 7) is 1.75. The predicted molar refractivity (Wildman–Crippen MR) is 113 cm³/mol. The van der Waals surface area contributed by atoms with Crippen LogP contribution in [0.15, 0.2) is 42.5 Å². The van der Waals surface area contributed by atoms with Crippen LogP contribution in [0.2, 0.25) is 0 Å². The lowest BCUT2D eigenvalue weighted by atomic mass is 10.1. The van der Waals surface area contributed by atoms with Gasteiger partial charge in [0.2, 0.25) is 15.9 Å². The molecule has 0 saturated carbocycles. The Kier molecular flexibility index (Phi) is 7.33. The molecule has 9 heteroatoms. The zero-order valence-electron chi connectivity index (χ0n) is 17.1. The molecule has 0 aromatic heterocycles. The summed E-state index contributed by atoms with van der Waals surface area (Å²) in [7, 11) is 0.809. The van der Waals surface area contributed by atoms with Gasteiger partial charge in [0.15, 0.2) is 11.5 Å². The molecular weight excluding hydrogens is 396 g/mol. The molecule has 1 N–H and O–H groups in total. The number of carbonyl (C=O) groups excluding carboxylic acids is 1. The summed E-state index contributed by atoms with van der Waals surface area (Å²) in [4.78, 5) is 13.0. The third-order valence-electron chi connectivity index (χ3n) is 4.31. The Morgan fingerprint density at radius 3 is 2.10 bits per heavy atom. The Morgan fingerprint density at radius 2 is 1.62 bits per heavy atom. The van der Waals surface area contributed by atoms with Gasteiger partial charge in [-0.05, 0) is 42.8 Å². The van der Waals surface area contributed by atoms with E-state index in [0.29, 0.717) is 28.6 Å². The molecule has 0 unspecified atom stereocenters. The van der Waals surface area contributed by atoms with Gasteiger partial charge in [-0.1, -0.05) is 6.92 Å². The minimum Gasteiger partial charge on any atom is -0.497 e. The van der Waals surface area contributed by atoms with E-state index in [2.05, 4.69) is 5.32 Å². The van der Waals surface area contributed by atoms with Gasteiger partial charge in [-0.3, -0.25) is 9.10 Å². The van der Waals surface area contributed by atoms with Crippen LogP contribution < -0.4 is 23.8 Å². The number of benzene rings is 2. The second-order valence-corrected chi connectivity index (χ2v) is 8.10. The number of nitrogens with one attached hydrogen (secondary N) is 1. The van der Waals surface area contributed by atoms with E-state index in [9.17, 15) is 13.2 Å². The van der Waals surface area contributed by atoms with Gasteiger partial charge in [-0.15, -0.1) is 0 Å². The van der Waals surface area contributed by atoms with Crippen molar-refractivity contribution in [1.29, 1.82) is 0 Å². The number of nitrogens with zero attached hydrogens (tertiary/aromatic N) is 1. The van der Waals surface area contributed by atoms with Gasteiger partial charge in [0, 0.05) is 11.8 Å². The van der Waals surface area contributed by atoms with Crippen LogP contribution in [0.5, 0.6) is 17.2 Å². The van der Waals surface area contributed by atoms with Crippen LogP contribution in [0.4, 0.5) is 11.4 Å². The van der Waals surface area contributed by atoms with E-state index >= 15 is 0 Å². The molecule has 0 aliphatic heterocycles. The molecule has 0 saturated heterocycles. The maximum absolute atomic E-state index is 13.0. The predicted octanol–water partition coefficient (Wildman–Crippen LogP) is 2.90. The molecule has 1 atom stereocenters. The van der Waals surface area contributed by atoms with E-state index in [0.717, 1.165) is 10.6 Å². The number of hydrogen-bond acceptors (Lipinski definition) is 6. The van der Waals surface area contributed by atoms with Crippen LogP contribution in [0, 0.1) is 0 Å². The highest BCUT2D eigenvalue weighted by molar-refractivity contribution is 7.92. The minimum absolute atomic E-state index is 0.276. The Bertz CT molecular complexity index is 944. The molecule has 1 amide bonds. The number of anilines is 2. The average molecular weight is 423 g/mol. The fourth-order valence-corrected chi connectivity index (χ4v) is 4.14. The molecule has 158 valence electrons. The van der Waals surface area contributed by atoms with Crippen LogP contribution in [-0.2, 0) is 14.8 Å². The molecule has 8 nitrogen and oxygen atoms in total. The topological polar surface area (TPSA) is 94.2 Å². The standard InChI is InChI=1S/C20H26N2O6S/c1-6-17(20(23)21-14-7-12-18(27-3)19(13-14)28-4)22(29(5,24)25)15-8-10-16(26-2)11-9-15/h7-13,17H,6H2,1-5H3,(H,21,23)/t17-/m1/s1. The van der Waals surface area contributed by atoms with E-state index in [1.165, 1.54) is 21.3 Å². The molecule has 2 aromatic carbocycles. The van der Waals surface area contributed by atoms with Crippen LogP contribution in [-0.4, -0.2) is 48.0 Å². The minimum atomic E-state index is -3.72. The first-order chi connectivity index (χ1) is 13.7. The molecule has 0 aliphatic carbocycles. The summed E-state index contributed by atoms with van der Waals surface area (Å²) in [6.07, 6.45) is 1.35. The summed E-state index contributed by atoms with van der Waals surface area (Å²) in [5.74, 6) is 1.10. The largest absolute Gasteiger partial charge is 0.497 e. The first kappa shape index (κ1) is 22.4. The summed E-state index contributed by atoms with van der Waals surface area (Å²) in [5, 5.41) is 2.76. The van der Waals surface area contributed by atoms with Crippen molar-refractivity contribution in [2.45, 2.75) is 19.4 Å². The fourth-order valence-electron chi connectivity index (χ4n) is 2.93. The lowest BCUT2D eigenvalue weighted by Gasteiger charge is -2.30. The summed E-state index contributed by atoms with van der Waals surface area (Å²) < 4.78 is 41.7. The Labute approximate surface area is 171 Å². The number of sulfonamides is 1. The normalized spacial score (nSPS) is 12.0. The van der Waals surface area contributed by atoms with Crippen LogP contribution >= 0.6 is 0 Å². The zero-order chi connectivity index (χ0) is 21.6. The SMILES string of the molecule is CC[C@H](C(=O)Nc1ccc(OC)c(OC)c1)N(c1ccc(OC)cc1)S(C)(=O)=O. The van der Waals surface area contributed by atoms with Crippen molar-refractivity contribution in [2.24, 2.45) is 0 Å². The fraction of sp³-hybridized carbons (Fsp3) is 0.350. The van der Waals surface area contributed by atoms with E-state index < -0.39 is 22.0 Å². The van der Waals surface area contributed by atoms with Crippen molar-refractivity contribution in [3.05, 3.63) is 42.5 Å². The van der Waals surface area contributed by atoms with Gasteiger partial charge in [0.1, 0.15) is 11.8 Å². The number of methoxy groups -OCH3 is 3. The van der Waals surface area contributed by atoms with Crippen LogP contribution in [0.1, 0.15) is 13.3 Å². The molecule has 0 fully saturated rings. The van der Waals surface area contributed by atoms with Crippen LogP contribution in [0.3, 0.4) is 0 Å². The monoisotopic (exact) mass is 422 g/mol. The smallest absolute Gasteiger partial charge is 0.248 e. The number of ether oxygens (including phenoxy) is 3. The highest BCUT2D eigenvalue weighted by Crippen LogP contribution is 2.30. The Hall–Kier alpha value is -2.94. The molecule has 0 bridgehead atoms. The van der Waals surface area contributed by atoms with E-state index in [1.54, 1.807) is 49.4 Å². The summed E-state index contributed by atoms with van der Waals surface area (Å²) in [5.41, 5.74) is 0.844. The first-order valence-electron chi connectivity index (χ1n) is 8.91. The van der Waals surface area contributed by atoms with Gasteiger partial charge >= 0.3 is 0 Å². The van der Waals surface area contributed by atoms with Crippen molar-refractivity contribution >= 4 is 27.3 Å². The Morgan fingerprint density at radius 1 is 1.00 bits per heavy atom. The number of amides is 1. The van der Waals surface area contributed by atoms with Crippen molar-refractivity contribution in [3.63, 3.8) is 0 Å². The van der Waals surface area contributed by atoms with E-state index in [1.807, 2.05) is 0 Å². The maximum atomic E-state index is 13.0. The zero-order valence-corrected chi connectivity index (χ0v) is 17.9. The van der Waals surface area contributed by atoms with E-state index in [4.69, 9.17) is 14.2 Å². The molecule has 2 aromatic rings. The molecule has 0 radical (unpaired) electrons. The lowest BCUT2D eigenvalue weighted by Crippen LogP contribution is -2.47. The van der Waals surface area contributed by atoms with Crippen molar-refractivity contribution in [3.8, 4) is 17.2 Å². The van der Waals surface area contributed by atoms with Crippen molar-refractivity contribution in [1.82, 2.24) is 0 Å². The van der Waals surface area contributed by atoms with Gasteiger partial charge in [-0.2, -0.15) is 0 Å². The highest BCUT2D eigenvalue weighted by Gasteiger charge is 2.31. The number of hydrogen-bond donors (Lipinski definition) is 1. The second-order valence-electron chi connectivity index (χ2n) is 6.24. The third kappa shape index (κ3) is 5.32. The lowest BCUT2D eigenvalue weighted by molar-refractivity contribution is -0.117. The molecule has 2 rings (SSSR count). The van der Waals surface area contributed by atoms with Gasteiger partial charge < -0.3 is 19.5 Å². The maximum Gasteiger partial charge on any atom is 0.248 e. The van der Waals surface area contributed by atoms with Crippen molar-refractivity contribution < 1.29 is 27.4 Å². The van der Waals surface area contributed by atoms with Crippen LogP contribution in [0.25, 0.3) is 0 Å². The van der Waals surface area contributed by atoms with Gasteiger partial charge in [0.25, 0.3) is 0 Å².